The van der Waals surface area contributed by atoms with Gasteiger partial charge in [-0.3, -0.25) is 0 Å². The van der Waals surface area contributed by atoms with Crippen LogP contribution in [-0.2, 0) is 10.8 Å². The Bertz CT molecular complexity index is 3750. The lowest BCUT2D eigenvalue weighted by Crippen LogP contribution is -2.55. The molecule has 0 saturated heterocycles. The van der Waals surface area contributed by atoms with Gasteiger partial charge in [0.2, 0.25) is 0 Å². The fourth-order valence-corrected chi connectivity index (χ4v) is 15.6. The van der Waals surface area contributed by atoms with E-state index in [9.17, 15) is 0 Å². The highest BCUT2D eigenvalue weighted by Crippen LogP contribution is 2.70. The predicted molar refractivity (Wildman–Crippen MR) is 301 cm³/mol. The van der Waals surface area contributed by atoms with Gasteiger partial charge in [-0.05, 0) is 198 Å². The van der Waals surface area contributed by atoms with Crippen molar-refractivity contribution < 1.29 is 0 Å². The minimum Gasteiger partial charge on any atom is -0.310 e. The second-order valence-corrected chi connectivity index (χ2v) is 22.4. The smallest absolute Gasteiger partial charge is 0.0468 e. The largest absolute Gasteiger partial charge is 0.310 e. The molecule has 6 aliphatic rings. The normalized spacial score (nSPS) is 21.4. The molecule has 16 rings (SSSR count). The average molecular weight is 924 g/mol. The van der Waals surface area contributed by atoms with Gasteiger partial charge in [0.25, 0.3) is 0 Å². The van der Waals surface area contributed by atoms with Gasteiger partial charge >= 0.3 is 0 Å². The molecule has 1 nitrogen and oxygen atoms in total. The van der Waals surface area contributed by atoms with Crippen LogP contribution in [0.15, 0.2) is 224 Å². The highest BCUT2D eigenvalue weighted by Gasteiger charge is 2.62. The summed E-state index contributed by atoms with van der Waals surface area (Å²) in [4.78, 5) is 2.48. The number of benzene rings is 10. The highest BCUT2D eigenvalue weighted by molar-refractivity contribution is 5.98. The summed E-state index contributed by atoms with van der Waals surface area (Å²) in [7, 11) is 0. The molecule has 0 unspecified atom stereocenters. The zero-order chi connectivity index (χ0) is 47.7. The van der Waals surface area contributed by atoms with Gasteiger partial charge in [-0.25, -0.2) is 0 Å². The van der Waals surface area contributed by atoms with Crippen LogP contribution in [0, 0.1) is 23.7 Å². The minimum atomic E-state index is -0.177. The predicted octanol–water partition coefficient (Wildman–Crippen LogP) is 19.0. The molecule has 0 atom stereocenters. The molecule has 0 aliphatic heterocycles. The highest BCUT2D eigenvalue weighted by atomic mass is 15.1. The average Bonchev–Trinajstić information content (AvgIpc) is 3.86. The van der Waals surface area contributed by atoms with E-state index in [0.29, 0.717) is 0 Å². The Hall–Kier alpha value is -7.74. The van der Waals surface area contributed by atoms with Crippen molar-refractivity contribution in [1.82, 2.24) is 0 Å². The lowest BCUT2D eigenvalue weighted by atomic mass is 9.42. The zero-order valence-electron chi connectivity index (χ0n) is 41.2. The molecule has 4 saturated carbocycles. The fourth-order valence-electron chi connectivity index (χ4n) is 15.6. The van der Waals surface area contributed by atoms with Crippen LogP contribution in [0.4, 0.5) is 17.1 Å². The molecular formula is C71H57N. The maximum atomic E-state index is 2.59. The number of rotatable bonds is 7. The van der Waals surface area contributed by atoms with Gasteiger partial charge < -0.3 is 4.90 Å². The van der Waals surface area contributed by atoms with Gasteiger partial charge in [-0.2, -0.15) is 0 Å². The second-order valence-electron chi connectivity index (χ2n) is 22.4. The van der Waals surface area contributed by atoms with E-state index in [0.717, 1.165) is 40.7 Å². The molecule has 1 heteroatoms. The third-order valence-corrected chi connectivity index (χ3v) is 18.5. The summed E-state index contributed by atoms with van der Waals surface area (Å²) in [6, 6.07) is 85.0. The van der Waals surface area contributed by atoms with Crippen LogP contribution < -0.4 is 4.90 Å². The van der Waals surface area contributed by atoms with Crippen molar-refractivity contribution in [1.29, 1.82) is 0 Å². The van der Waals surface area contributed by atoms with Crippen LogP contribution in [0.5, 0.6) is 0 Å². The summed E-state index contributed by atoms with van der Waals surface area (Å²) in [5.74, 6) is 3.27. The Morgan fingerprint density at radius 1 is 0.333 bits per heavy atom. The van der Waals surface area contributed by atoms with E-state index in [-0.39, 0.29) is 10.8 Å². The van der Waals surface area contributed by atoms with E-state index in [1.807, 2.05) is 0 Å². The molecule has 72 heavy (non-hydrogen) atoms. The minimum absolute atomic E-state index is 0.110. The van der Waals surface area contributed by atoms with Gasteiger partial charge in [0.15, 0.2) is 0 Å². The van der Waals surface area contributed by atoms with E-state index >= 15 is 0 Å². The lowest BCUT2D eigenvalue weighted by molar-refractivity contribution is -0.0397. The second kappa shape index (κ2) is 15.9. The topological polar surface area (TPSA) is 3.24 Å². The number of anilines is 3. The summed E-state index contributed by atoms with van der Waals surface area (Å²) >= 11 is 0. The van der Waals surface area contributed by atoms with Gasteiger partial charge in [0, 0.05) is 27.9 Å². The third kappa shape index (κ3) is 6.13. The number of nitrogens with zero attached hydrogens (tertiary/aromatic N) is 1. The first-order valence-corrected chi connectivity index (χ1v) is 26.6. The van der Waals surface area contributed by atoms with Crippen LogP contribution in [0.2, 0.25) is 0 Å². The van der Waals surface area contributed by atoms with Crippen LogP contribution in [-0.4, -0.2) is 0 Å². The molecule has 0 heterocycles. The first-order chi connectivity index (χ1) is 35.4. The molecular weight excluding hydrogens is 867 g/mol. The molecule has 0 N–H and O–H groups in total. The van der Waals surface area contributed by atoms with E-state index in [1.54, 1.807) is 11.1 Å². The van der Waals surface area contributed by atoms with Crippen molar-refractivity contribution in [3.63, 3.8) is 0 Å². The van der Waals surface area contributed by atoms with E-state index < -0.39 is 0 Å². The molecule has 10 aromatic carbocycles. The van der Waals surface area contributed by atoms with Crippen molar-refractivity contribution in [3.8, 4) is 66.8 Å². The Morgan fingerprint density at radius 3 is 1.62 bits per heavy atom. The molecule has 4 bridgehead atoms. The number of hydrogen-bond donors (Lipinski definition) is 0. The molecule has 346 valence electrons. The van der Waals surface area contributed by atoms with E-state index in [1.165, 1.54) is 121 Å². The van der Waals surface area contributed by atoms with Gasteiger partial charge in [-0.1, -0.05) is 196 Å². The molecule has 0 aromatic heterocycles. The maximum Gasteiger partial charge on any atom is 0.0468 e. The van der Waals surface area contributed by atoms with E-state index in [2.05, 4.69) is 243 Å². The van der Waals surface area contributed by atoms with Crippen molar-refractivity contribution in [3.05, 3.63) is 247 Å². The molecule has 6 aliphatic carbocycles. The SMILES string of the molecule is CC1(C)c2ccc(N(c3ccc(-c4cccc5ccccc45)cc3)c3ccc(-c4ccccc4)c(-c4ccccc4)c3)cc2-c2ccc(-c3cccc4c3C3(c5ccccc5-4)C4CC5CC(C4)CC3C5)cc21. The van der Waals surface area contributed by atoms with Gasteiger partial charge in [0.1, 0.15) is 0 Å². The standard InChI is InChI=1S/C71H57N/c1-70(2)66-36-33-56(44-65(66)62-34-29-51(42-68(62)70)60-24-14-25-63-61-22-11-12-26-67(61)71(69(60)63)52-38-45-37-46(40-52)41-53(71)39-45)72(54-30-27-50(28-31-54)58-23-13-20-48-19-9-10-21-57(48)58)55-32-35-59(47-15-5-3-6-16-47)64(43-55)49-17-7-4-8-18-49/h3-36,42-46,52-53H,37-41H2,1-2H3. The fraction of sp³-hybridized carbons (Fsp3) is 0.183. The Morgan fingerprint density at radius 2 is 0.861 bits per heavy atom. The van der Waals surface area contributed by atoms with Gasteiger partial charge in [-0.15, -0.1) is 0 Å². The van der Waals surface area contributed by atoms with Gasteiger partial charge in [0.05, 0.1) is 0 Å². The van der Waals surface area contributed by atoms with Crippen molar-refractivity contribution in [2.45, 2.75) is 56.8 Å². The van der Waals surface area contributed by atoms with Crippen LogP contribution in [0.25, 0.3) is 77.5 Å². The number of hydrogen-bond acceptors (Lipinski definition) is 1. The molecule has 0 radical (unpaired) electrons. The van der Waals surface area contributed by atoms with Crippen LogP contribution in [0.3, 0.4) is 0 Å². The Balaban J connectivity index is 0.874. The van der Waals surface area contributed by atoms with Crippen molar-refractivity contribution in [2.24, 2.45) is 23.7 Å². The number of fused-ring (bicyclic) bond motifs is 7. The van der Waals surface area contributed by atoms with Crippen LogP contribution in [0.1, 0.15) is 68.2 Å². The third-order valence-electron chi connectivity index (χ3n) is 18.5. The summed E-state index contributed by atoms with van der Waals surface area (Å²) < 4.78 is 0. The first-order valence-electron chi connectivity index (χ1n) is 26.6. The van der Waals surface area contributed by atoms with Crippen LogP contribution >= 0.6 is 0 Å². The van der Waals surface area contributed by atoms with Crippen molar-refractivity contribution >= 4 is 27.8 Å². The Kier molecular flexibility index (Phi) is 9.26. The molecule has 1 spiro atoms. The summed E-state index contributed by atoms with van der Waals surface area (Å²) in [5.41, 5.74) is 25.2. The molecule has 0 amide bonds. The zero-order valence-corrected chi connectivity index (χ0v) is 41.2. The summed E-state index contributed by atoms with van der Waals surface area (Å²) in [6.07, 6.45) is 7.02. The van der Waals surface area contributed by atoms with E-state index in [4.69, 9.17) is 0 Å². The quantitative estimate of drug-likeness (QED) is 0.154. The first kappa shape index (κ1) is 42.0. The monoisotopic (exact) mass is 923 g/mol. The lowest BCUT2D eigenvalue weighted by Gasteiger charge is -2.61. The molecule has 10 aromatic rings. The molecule has 4 fully saturated rings. The van der Waals surface area contributed by atoms with Crippen molar-refractivity contribution in [2.75, 3.05) is 4.90 Å². The summed E-state index contributed by atoms with van der Waals surface area (Å²) in [5, 5.41) is 2.52. The maximum absolute atomic E-state index is 2.59. The summed E-state index contributed by atoms with van der Waals surface area (Å²) in [6.45, 7) is 4.90. The Labute approximate surface area is 424 Å².